The van der Waals surface area contributed by atoms with Crippen molar-refractivity contribution in [1.82, 2.24) is 0 Å². The molecule has 58 valence electrons. The molecule has 0 bridgehead atoms. The summed E-state index contributed by atoms with van der Waals surface area (Å²) in [5.74, 6) is 0.667. The highest BCUT2D eigenvalue weighted by molar-refractivity contribution is 4.78. The van der Waals surface area contributed by atoms with Gasteiger partial charge in [0.15, 0.2) is 0 Å². The van der Waals surface area contributed by atoms with Gasteiger partial charge < -0.3 is 0 Å². The summed E-state index contributed by atoms with van der Waals surface area (Å²) in [4.78, 5) is 0. The molecule has 0 aliphatic heterocycles. The lowest BCUT2D eigenvalue weighted by Gasteiger charge is -2.27. The van der Waals surface area contributed by atoms with Crippen LogP contribution in [0.25, 0.3) is 0 Å². The zero-order valence-corrected chi connectivity index (χ0v) is 7.44. The molecule has 0 aliphatic rings. The zero-order chi connectivity index (χ0) is 8.20. The SMILES string of the molecule is CC(C)C(C)(C)CCC#N. The molecule has 0 aromatic heterocycles. The third-order valence-electron chi connectivity index (χ3n) is 2.44. The summed E-state index contributed by atoms with van der Waals surface area (Å²) in [6.45, 7) is 8.85. The van der Waals surface area contributed by atoms with Crippen molar-refractivity contribution in [1.29, 1.82) is 5.26 Å². The fraction of sp³-hybridized carbons (Fsp3) is 0.889. The van der Waals surface area contributed by atoms with E-state index in [9.17, 15) is 0 Å². The molecule has 0 radical (unpaired) electrons. The van der Waals surface area contributed by atoms with Crippen molar-refractivity contribution in [3.8, 4) is 6.07 Å². The Kier molecular flexibility index (Phi) is 3.42. The van der Waals surface area contributed by atoms with Crippen LogP contribution in [-0.2, 0) is 0 Å². The zero-order valence-electron chi connectivity index (χ0n) is 7.44. The van der Waals surface area contributed by atoms with Crippen molar-refractivity contribution in [3.63, 3.8) is 0 Å². The van der Waals surface area contributed by atoms with Crippen LogP contribution in [0, 0.1) is 22.7 Å². The molecule has 0 aromatic rings. The van der Waals surface area contributed by atoms with Crippen molar-refractivity contribution < 1.29 is 0 Å². The van der Waals surface area contributed by atoms with Gasteiger partial charge in [0, 0.05) is 6.42 Å². The van der Waals surface area contributed by atoms with Gasteiger partial charge in [0.25, 0.3) is 0 Å². The maximum absolute atomic E-state index is 8.36. The van der Waals surface area contributed by atoms with Gasteiger partial charge in [-0.15, -0.1) is 0 Å². The molecule has 0 aliphatic carbocycles. The van der Waals surface area contributed by atoms with E-state index < -0.39 is 0 Å². The number of hydrogen-bond donors (Lipinski definition) is 0. The molecule has 1 nitrogen and oxygen atoms in total. The van der Waals surface area contributed by atoms with Crippen LogP contribution in [0.2, 0.25) is 0 Å². The first-order valence-electron chi connectivity index (χ1n) is 3.87. The van der Waals surface area contributed by atoms with Crippen molar-refractivity contribution >= 4 is 0 Å². The summed E-state index contributed by atoms with van der Waals surface area (Å²) < 4.78 is 0. The van der Waals surface area contributed by atoms with Crippen LogP contribution >= 0.6 is 0 Å². The Hall–Kier alpha value is -0.510. The van der Waals surface area contributed by atoms with E-state index in [0.717, 1.165) is 6.42 Å². The number of nitrogens with zero attached hydrogens (tertiary/aromatic N) is 1. The summed E-state index contributed by atoms with van der Waals surface area (Å²) in [5, 5.41) is 8.36. The summed E-state index contributed by atoms with van der Waals surface area (Å²) >= 11 is 0. The van der Waals surface area contributed by atoms with Crippen molar-refractivity contribution in [3.05, 3.63) is 0 Å². The lowest BCUT2D eigenvalue weighted by Crippen LogP contribution is -2.18. The Morgan fingerprint density at radius 1 is 1.40 bits per heavy atom. The number of nitriles is 1. The molecule has 0 N–H and O–H groups in total. The second-order valence-corrected chi connectivity index (χ2v) is 3.80. The minimum absolute atomic E-state index is 0.329. The number of hydrogen-bond acceptors (Lipinski definition) is 1. The highest BCUT2D eigenvalue weighted by atomic mass is 14.3. The molecule has 0 saturated heterocycles. The maximum atomic E-state index is 8.36. The van der Waals surface area contributed by atoms with Crippen molar-refractivity contribution in [2.24, 2.45) is 11.3 Å². The monoisotopic (exact) mass is 139 g/mol. The smallest absolute Gasteiger partial charge is 0.0621 e. The highest BCUT2D eigenvalue weighted by Crippen LogP contribution is 2.30. The van der Waals surface area contributed by atoms with Gasteiger partial charge in [0.2, 0.25) is 0 Å². The first-order valence-corrected chi connectivity index (χ1v) is 3.87. The van der Waals surface area contributed by atoms with Crippen LogP contribution in [0.3, 0.4) is 0 Å². The normalized spacial score (nSPS) is 11.6. The van der Waals surface area contributed by atoms with Crippen molar-refractivity contribution in [2.45, 2.75) is 40.5 Å². The van der Waals surface area contributed by atoms with E-state index >= 15 is 0 Å². The second-order valence-electron chi connectivity index (χ2n) is 3.80. The van der Waals surface area contributed by atoms with Crippen LogP contribution < -0.4 is 0 Å². The van der Waals surface area contributed by atoms with Gasteiger partial charge in [-0.3, -0.25) is 0 Å². The van der Waals surface area contributed by atoms with E-state index in [-0.39, 0.29) is 0 Å². The molecule has 1 heteroatoms. The maximum Gasteiger partial charge on any atom is 0.0621 e. The fourth-order valence-electron chi connectivity index (χ4n) is 0.667. The molecule has 0 aromatic carbocycles. The predicted molar refractivity (Wildman–Crippen MR) is 43.5 cm³/mol. The Balaban J connectivity index is 3.77. The molecule has 0 spiro atoms. The summed E-state index contributed by atoms with van der Waals surface area (Å²) in [6, 6.07) is 2.18. The molecular formula is C9H17N. The van der Waals surface area contributed by atoms with Gasteiger partial charge in [-0.2, -0.15) is 5.26 Å². The van der Waals surface area contributed by atoms with Gasteiger partial charge in [-0.25, -0.2) is 0 Å². The van der Waals surface area contributed by atoms with Gasteiger partial charge >= 0.3 is 0 Å². The van der Waals surface area contributed by atoms with Crippen molar-refractivity contribution in [2.75, 3.05) is 0 Å². The van der Waals surface area contributed by atoms with E-state index in [0.29, 0.717) is 17.8 Å². The number of rotatable bonds is 3. The molecule has 0 atom stereocenters. The van der Waals surface area contributed by atoms with Crippen LogP contribution in [0.5, 0.6) is 0 Å². The standard InChI is InChI=1S/C9H17N/c1-8(2)9(3,4)6-5-7-10/h8H,5-6H2,1-4H3. The lowest BCUT2D eigenvalue weighted by atomic mass is 9.78. The molecule has 0 saturated carbocycles. The molecule has 0 fully saturated rings. The summed E-state index contributed by atoms with van der Waals surface area (Å²) in [7, 11) is 0. The highest BCUT2D eigenvalue weighted by Gasteiger charge is 2.20. The molecule has 0 rings (SSSR count). The van der Waals surface area contributed by atoms with Crippen LogP contribution in [-0.4, -0.2) is 0 Å². The van der Waals surface area contributed by atoms with Crippen LogP contribution in [0.15, 0.2) is 0 Å². The summed E-state index contributed by atoms with van der Waals surface area (Å²) in [5.41, 5.74) is 0.329. The molecule has 0 unspecified atom stereocenters. The van der Waals surface area contributed by atoms with E-state index in [1.807, 2.05) is 0 Å². The third-order valence-corrected chi connectivity index (χ3v) is 2.44. The van der Waals surface area contributed by atoms with Gasteiger partial charge in [-0.05, 0) is 17.8 Å². The van der Waals surface area contributed by atoms with E-state index in [1.165, 1.54) is 0 Å². The Labute approximate surface area is 64.1 Å². The minimum Gasteiger partial charge on any atom is -0.198 e. The first-order chi connectivity index (χ1) is 4.50. The predicted octanol–water partition coefficient (Wildman–Crippen LogP) is 2.97. The average Bonchev–Trinajstić information content (AvgIpc) is 1.84. The lowest BCUT2D eigenvalue weighted by molar-refractivity contribution is 0.232. The molecule has 0 amide bonds. The van der Waals surface area contributed by atoms with E-state index in [4.69, 9.17) is 5.26 Å². The van der Waals surface area contributed by atoms with Crippen LogP contribution in [0.1, 0.15) is 40.5 Å². The minimum atomic E-state index is 0.329. The Bertz CT molecular complexity index is 128. The molecular weight excluding hydrogens is 122 g/mol. The largest absolute Gasteiger partial charge is 0.198 e. The quantitative estimate of drug-likeness (QED) is 0.589. The topological polar surface area (TPSA) is 23.8 Å². The molecule has 10 heavy (non-hydrogen) atoms. The Morgan fingerprint density at radius 2 is 1.90 bits per heavy atom. The summed E-state index contributed by atoms with van der Waals surface area (Å²) in [6.07, 6.45) is 1.70. The fourth-order valence-corrected chi connectivity index (χ4v) is 0.667. The average molecular weight is 139 g/mol. The first kappa shape index (κ1) is 9.49. The third kappa shape index (κ3) is 2.87. The van der Waals surface area contributed by atoms with E-state index in [2.05, 4.69) is 33.8 Å². The van der Waals surface area contributed by atoms with Gasteiger partial charge in [0.1, 0.15) is 0 Å². The van der Waals surface area contributed by atoms with Gasteiger partial charge in [0.05, 0.1) is 6.07 Å². The Morgan fingerprint density at radius 3 is 2.20 bits per heavy atom. The second kappa shape index (κ2) is 3.61. The van der Waals surface area contributed by atoms with E-state index in [1.54, 1.807) is 0 Å². The molecule has 0 heterocycles. The van der Waals surface area contributed by atoms with Gasteiger partial charge in [-0.1, -0.05) is 27.7 Å². The van der Waals surface area contributed by atoms with Crippen LogP contribution in [0.4, 0.5) is 0 Å².